The van der Waals surface area contributed by atoms with Gasteiger partial charge in [-0.2, -0.15) is 9.59 Å². The summed E-state index contributed by atoms with van der Waals surface area (Å²) in [6, 6.07) is 25.3. The van der Waals surface area contributed by atoms with E-state index in [0.717, 1.165) is 56.3 Å². The average Bonchev–Trinajstić information content (AvgIpc) is 4.27. The lowest BCUT2D eigenvalue weighted by Crippen LogP contribution is -2.62. The van der Waals surface area contributed by atoms with Crippen molar-refractivity contribution in [3.63, 3.8) is 0 Å². The number of aromatic nitrogens is 5. The minimum Gasteiger partial charge on any atom is -0.423 e. The number of likely N-dealkylation sites (tertiary alicyclic amines) is 2. The number of carbonyl (C=O) groups is 4. The van der Waals surface area contributed by atoms with Gasteiger partial charge in [-0.15, -0.1) is 8.97 Å². The highest BCUT2D eigenvalue weighted by molar-refractivity contribution is 7.53. The number of nitrogens with one attached hydrogen (secondary N) is 2. The molecule has 74 heavy (non-hydrogen) atoms. The predicted octanol–water partition coefficient (Wildman–Crippen LogP) is 10.2. The molecule has 6 aromatic rings. The lowest BCUT2D eigenvalue weighted by atomic mass is 10.0. The first kappa shape index (κ1) is 53.9. The van der Waals surface area contributed by atoms with Crippen LogP contribution >= 0.6 is 7.60 Å². The number of hydrogen-bond donors (Lipinski definition) is 4. The summed E-state index contributed by atoms with van der Waals surface area (Å²) < 4.78 is 36.3. The van der Waals surface area contributed by atoms with Gasteiger partial charge in [0.2, 0.25) is 0 Å². The van der Waals surface area contributed by atoms with E-state index in [2.05, 4.69) is 26.7 Å². The van der Waals surface area contributed by atoms with Crippen molar-refractivity contribution in [1.82, 2.24) is 24.5 Å². The van der Waals surface area contributed by atoms with Crippen LogP contribution < -0.4 is 11.5 Å². The van der Waals surface area contributed by atoms with Gasteiger partial charge in [-0.25, -0.2) is 19.6 Å². The van der Waals surface area contributed by atoms with Crippen LogP contribution in [0.2, 0.25) is 0 Å². The SMILES string of the molecule is CCOP(=O)(Cc1ccc(-n2c(-c3ccc(-c4cnc([C@@H]5CCC[N+]5(C(=O)OC)C(=O)[C@@H](N)C(C)C)[nH]4)cc3)ccc2-c2ccc(-c3cnc([C@@H]4CCC[N+]4(C(=O)OC)C(=O)[C@@H](N)C(C)C)[nH]3)cc2)cc1)OCC. The molecule has 3 aromatic carbocycles. The second kappa shape index (κ2) is 22.2. The van der Waals surface area contributed by atoms with Crippen LogP contribution in [0, 0.1) is 11.8 Å². The number of imidazole rings is 2. The number of nitrogens with two attached hydrogens (primary N) is 2. The summed E-state index contributed by atoms with van der Waals surface area (Å²) in [5, 5.41) is 0. The maximum atomic E-state index is 13.9. The van der Waals surface area contributed by atoms with Crippen molar-refractivity contribution >= 4 is 31.6 Å². The second-order valence-corrected chi connectivity index (χ2v) is 21.9. The molecule has 0 radical (unpaired) electrons. The van der Waals surface area contributed by atoms with Crippen molar-refractivity contribution in [3.8, 4) is 50.7 Å². The first-order valence-corrected chi connectivity index (χ1v) is 27.2. The molecule has 2 aliphatic rings. The molecule has 2 fully saturated rings. The number of rotatable bonds is 17. The number of benzene rings is 3. The Kier molecular flexibility index (Phi) is 16.2. The first-order valence-electron chi connectivity index (χ1n) is 25.5. The number of aromatic amines is 2. The van der Waals surface area contributed by atoms with E-state index in [1.165, 1.54) is 14.2 Å². The number of imide groups is 2. The molecule has 2 unspecified atom stereocenters. The molecule has 3 aromatic heterocycles. The topological polar surface area (TPSA) is 237 Å². The Bertz CT molecular complexity index is 2850. The number of quaternary nitrogens is 2. The molecule has 19 heteroatoms. The summed E-state index contributed by atoms with van der Waals surface area (Å²) >= 11 is 0. The quantitative estimate of drug-likeness (QED) is 0.0492. The normalized spacial score (nSPS) is 20.8. The van der Waals surface area contributed by atoms with Gasteiger partial charge in [-0.05, 0) is 77.8 Å². The molecule has 392 valence electrons. The lowest BCUT2D eigenvalue weighted by Gasteiger charge is -2.34. The minimum absolute atomic E-state index is 0.129. The molecule has 6 N–H and O–H groups in total. The summed E-state index contributed by atoms with van der Waals surface area (Å²) in [4.78, 5) is 71.1. The Labute approximate surface area is 432 Å². The molecule has 0 aliphatic carbocycles. The Morgan fingerprint density at radius 1 is 0.635 bits per heavy atom. The zero-order valence-electron chi connectivity index (χ0n) is 43.6. The second-order valence-electron chi connectivity index (χ2n) is 19.9. The Morgan fingerprint density at radius 2 is 1.03 bits per heavy atom. The number of methoxy groups -OCH3 is 2. The fraction of sp³-hybridized carbons (Fsp3) is 0.418. The summed E-state index contributed by atoms with van der Waals surface area (Å²) in [7, 11) is -0.767. The van der Waals surface area contributed by atoms with Gasteiger partial charge in [0.05, 0.1) is 81.9 Å². The van der Waals surface area contributed by atoms with Crippen molar-refractivity contribution in [2.45, 2.75) is 97.6 Å². The van der Waals surface area contributed by atoms with Gasteiger partial charge >= 0.3 is 31.6 Å². The Hall–Kier alpha value is -6.37. The highest BCUT2D eigenvalue weighted by atomic mass is 31.2. The molecular weight excluding hydrogens is 962 g/mol. The molecular formula is C55H70N9O9P+2. The van der Waals surface area contributed by atoms with Crippen LogP contribution in [0.5, 0.6) is 0 Å². The number of nitrogens with zero attached hydrogens (tertiary/aromatic N) is 5. The van der Waals surface area contributed by atoms with E-state index in [9.17, 15) is 23.7 Å². The molecule has 18 nitrogen and oxygen atoms in total. The third-order valence-electron chi connectivity index (χ3n) is 14.7. The Balaban J connectivity index is 1.12. The molecule has 8 rings (SSSR count). The van der Waals surface area contributed by atoms with Crippen LogP contribution in [0.25, 0.3) is 50.7 Å². The van der Waals surface area contributed by atoms with Gasteiger partial charge in [0, 0.05) is 31.4 Å². The number of amides is 4. The van der Waals surface area contributed by atoms with Crippen LogP contribution in [0.1, 0.15) is 96.5 Å². The van der Waals surface area contributed by atoms with Gasteiger partial charge in [-0.1, -0.05) is 88.4 Å². The fourth-order valence-corrected chi connectivity index (χ4v) is 12.4. The van der Waals surface area contributed by atoms with Crippen LogP contribution in [0.4, 0.5) is 9.59 Å². The standard InChI is InChI=1S/C55H70N9O9P/c1-9-72-74(69,73-10-2)33-36-15-25-41(26-16-36)62-44(39-21-17-37(18-22-39)42-31-58-50(60-42)46-13-11-29-63(46,54(67)70-7)52(65)48(56)34(3)4)27-28-45(62)40-23-19-38(20-24-40)43-32-59-51(61-43)47-14-12-30-64(47,55(68)71-8)53(66)49(57)35(5)6/h15-28,31-32,34-35,46-49H,9-14,29-30,33,56-57H2,1-8H3,(H,58,60)(H,59,61)/q+2/t46-,47-,48-,49-,63?,64?/m0/s1. The maximum absolute atomic E-state index is 13.9. The van der Waals surface area contributed by atoms with Crippen molar-refractivity contribution in [1.29, 1.82) is 0 Å². The molecule has 0 saturated carbocycles. The zero-order chi connectivity index (χ0) is 53.1. The summed E-state index contributed by atoms with van der Waals surface area (Å²) in [6.45, 7) is 12.1. The lowest BCUT2D eigenvalue weighted by molar-refractivity contribution is -0.802. The molecule has 5 heterocycles. The molecule has 2 saturated heterocycles. The highest BCUT2D eigenvalue weighted by Crippen LogP contribution is 2.51. The van der Waals surface area contributed by atoms with E-state index in [-0.39, 0.29) is 56.1 Å². The fourth-order valence-electron chi connectivity index (χ4n) is 10.7. The van der Waals surface area contributed by atoms with Crippen molar-refractivity contribution < 1.29 is 51.2 Å². The highest BCUT2D eigenvalue weighted by Gasteiger charge is 2.60. The van der Waals surface area contributed by atoms with Gasteiger partial charge in [0.15, 0.2) is 23.7 Å². The van der Waals surface area contributed by atoms with E-state index in [4.69, 9.17) is 40.0 Å². The number of H-pyrrole nitrogens is 2. The third-order valence-corrected chi connectivity index (χ3v) is 16.8. The monoisotopic (exact) mass is 1030 g/mol. The average molecular weight is 1030 g/mol. The largest absolute Gasteiger partial charge is 0.523 e. The molecule has 0 bridgehead atoms. The number of ether oxygens (including phenoxy) is 2. The molecule has 2 aliphatic heterocycles. The third kappa shape index (κ3) is 9.99. The summed E-state index contributed by atoms with van der Waals surface area (Å²) in [6.07, 6.45) is 4.66. The van der Waals surface area contributed by atoms with E-state index < -0.39 is 52.9 Å². The van der Waals surface area contributed by atoms with Crippen LogP contribution in [-0.2, 0) is 38.8 Å². The number of carbonyl (C=O) groups excluding carboxylic acids is 4. The minimum atomic E-state index is -3.35. The van der Waals surface area contributed by atoms with Crippen molar-refractivity contribution in [2.75, 3.05) is 40.5 Å². The van der Waals surface area contributed by atoms with E-state index in [0.29, 0.717) is 37.3 Å². The summed E-state index contributed by atoms with van der Waals surface area (Å²) in [5.74, 6) is -0.0600. The van der Waals surface area contributed by atoms with Crippen molar-refractivity contribution in [2.24, 2.45) is 23.3 Å². The van der Waals surface area contributed by atoms with Crippen LogP contribution in [0.15, 0.2) is 97.3 Å². The molecule has 0 spiro atoms. The van der Waals surface area contributed by atoms with Gasteiger partial charge in [0.1, 0.15) is 12.1 Å². The number of hydrogen-bond acceptors (Lipinski definition) is 13. The smallest absolute Gasteiger partial charge is 0.423 e. The van der Waals surface area contributed by atoms with E-state index in [1.807, 2.05) is 100 Å². The van der Waals surface area contributed by atoms with Crippen molar-refractivity contribution in [3.05, 3.63) is 115 Å². The van der Waals surface area contributed by atoms with Gasteiger partial charge in [-0.3, -0.25) is 4.57 Å². The predicted molar refractivity (Wildman–Crippen MR) is 281 cm³/mol. The van der Waals surface area contributed by atoms with Crippen LogP contribution in [-0.4, -0.2) is 110 Å². The van der Waals surface area contributed by atoms with E-state index >= 15 is 0 Å². The molecule has 4 amide bonds. The Morgan fingerprint density at radius 3 is 1.39 bits per heavy atom. The molecule has 6 atom stereocenters. The first-order chi connectivity index (χ1) is 35.5. The summed E-state index contributed by atoms with van der Waals surface area (Å²) in [5.41, 5.74) is 21.3. The van der Waals surface area contributed by atoms with E-state index in [1.54, 1.807) is 26.2 Å². The van der Waals surface area contributed by atoms with Gasteiger partial charge in [0.25, 0.3) is 0 Å². The maximum Gasteiger partial charge on any atom is 0.523 e. The zero-order valence-corrected chi connectivity index (χ0v) is 44.5. The van der Waals surface area contributed by atoms with Gasteiger partial charge < -0.3 is 44.5 Å². The van der Waals surface area contributed by atoms with Crippen LogP contribution in [0.3, 0.4) is 0 Å².